The third-order valence-electron chi connectivity index (χ3n) is 5.78. The van der Waals surface area contributed by atoms with Crippen molar-refractivity contribution >= 4 is 47.2 Å². The molecule has 4 amide bonds. The van der Waals surface area contributed by atoms with Crippen molar-refractivity contribution in [2.24, 2.45) is 0 Å². The molecule has 1 aromatic heterocycles. The number of anilines is 1. The van der Waals surface area contributed by atoms with E-state index in [2.05, 4.69) is 10.6 Å². The normalized spacial score (nSPS) is 14.2. The van der Waals surface area contributed by atoms with Crippen LogP contribution in [0.15, 0.2) is 60.3 Å². The molecule has 3 aromatic rings. The van der Waals surface area contributed by atoms with Crippen LogP contribution < -0.4 is 10.6 Å². The number of amides is 4. The zero-order chi connectivity index (χ0) is 26.7. The van der Waals surface area contributed by atoms with Crippen molar-refractivity contribution in [1.29, 1.82) is 0 Å². The van der Waals surface area contributed by atoms with Crippen molar-refractivity contribution in [2.75, 3.05) is 18.5 Å². The number of aromatic nitrogens is 1. The molecule has 1 saturated heterocycles. The molecule has 9 nitrogen and oxygen atoms in total. The smallest absolute Gasteiger partial charge is 0.338 e. The van der Waals surface area contributed by atoms with Gasteiger partial charge in [0.15, 0.2) is 0 Å². The highest BCUT2D eigenvalue weighted by Gasteiger charge is 2.35. The number of nitrogens with one attached hydrogen (secondary N) is 2. The molecule has 37 heavy (non-hydrogen) atoms. The van der Waals surface area contributed by atoms with E-state index in [1.807, 2.05) is 30.5 Å². The van der Waals surface area contributed by atoms with Crippen LogP contribution in [0.1, 0.15) is 34.2 Å². The number of halogens is 1. The Morgan fingerprint density at radius 3 is 2.51 bits per heavy atom. The molecular weight excluding hydrogens is 496 g/mol. The standard InChI is InChI=1S/C27H25ClN4O5/c1-4-37-26(35)18-6-5-7-22(13-18)32-16(2)12-19(17(32)3)14-23-25(34)31(27(36)30-23)15-24(33)29-21-10-8-20(28)9-11-21/h5-14H,4,15H2,1-3H3,(H,29,33)(H,30,36)/b23-14-. The van der Waals surface area contributed by atoms with Crippen LogP contribution >= 0.6 is 11.6 Å². The minimum Gasteiger partial charge on any atom is -0.462 e. The Labute approximate surface area is 218 Å². The maximum atomic E-state index is 12.9. The predicted octanol–water partition coefficient (Wildman–Crippen LogP) is 4.46. The first-order valence-electron chi connectivity index (χ1n) is 11.5. The number of ether oxygens (including phenoxy) is 1. The van der Waals surface area contributed by atoms with E-state index in [4.69, 9.17) is 16.3 Å². The van der Waals surface area contributed by atoms with E-state index in [0.29, 0.717) is 21.8 Å². The van der Waals surface area contributed by atoms with Gasteiger partial charge in [0.2, 0.25) is 5.91 Å². The van der Waals surface area contributed by atoms with Gasteiger partial charge >= 0.3 is 12.0 Å². The first kappa shape index (κ1) is 25.7. The lowest BCUT2D eigenvalue weighted by Gasteiger charge is -2.12. The van der Waals surface area contributed by atoms with E-state index in [0.717, 1.165) is 22.0 Å². The predicted molar refractivity (Wildman–Crippen MR) is 140 cm³/mol. The fraction of sp³-hybridized carbons (Fsp3) is 0.185. The number of carbonyl (C=O) groups is 4. The molecule has 4 rings (SSSR count). The summed E-state index contributed by atoms with van der Waals surface area (Å²) in [7, 11) is 0. The molecule has 0 saturated carbocycles. The van der Waals surface area contributed by atoms with Gasteiger partial charge in [-0.25, -0.2) is 14.5 Å². The monoisotopic (exact) mass is 520 g/mol. The molecule has 0 bridgehead atoms. The maximum Gasteiger partial charge on any atom is 0.338 e. The summed E-state index contributed by atoms with van der Waals surface area (Å²) in [6.45, 7) is 5.35. The van der Waals surface area contributed by atoms with Crippen molar-refractivity contribution in [2.45, 2.75) is 20.8 Å². The summed E-state index contributed by atoms with van der Waals surface area (Å²) in [4.78, 5) is 50.8. The van der Waals surface area contributed by atoms with E-state index in [1.54, 1.807) is 55.5 Å². The van der Waals surface area contributed by atoms with Gasteiger partial charge in [-0.15, -0.1) is 0 Å². The minimum atomic E-state index is -0.682. The number of benzene rings is 2. The molecule has 1 aliphatic heterocycles. The third kappa shape index (κ3) is 5.57. The fourth-order valence-electron chi connectivity index (χ4n) is 4.07. The second-order valence-corrected chi connectivity index (χ2v) is 8.80. The summed E-state index contributed by atoms with van der Waals surface area (Å²) in [5, 5.41) is 5.70. The van der Waals surface area contributed by atoms with E-state index in [1.165, 1.54) is 0 Å². The van der Waals surface area contributed by atoms with Crippen LogP contribution in [0, 0.1) is 13.8 Å². The van der Waals surface area contributed by atoms with Gasteiger partial charge in [-0.3, -0.25) is 9.59 Å². The molecule has 190 valence electrons. The Balaban J connectivity index is 1.53. The molecule has 0 spiro atoms. The Hall–Kier alpha value is -4.37. The van der Waals surface area contributed by atoms with Crippen LogP contribution in [0.25, 0.3) is 11.8 Å². The highest BCUT2D eigenvalue weighted by molar-refractivity contribution is 6.30. The third-order valence-corrected chi connectivity index (χ3v) is 6.03. The maximum absolute atomic E-state index is 12.9. The molecule has 0 unspecified atom stereocenters. The van der Waals surface area contributed by atoms with Crippen molar-refractivity contribution in [3.05, 3.63) is 87.8 Å². The summed E-state index contributed by atoms with van der Waals surface area (Å²) in [5.41, 5.74) is 4.11. The molecular formula is C27H25ClN4O5. The fourth-order valence-corrected chi connectivity index (χ4v) is 4.19. The van der Waals surface area contributed by atoms with E-state index in [-0.39, 0.29) is 12.3 Å². The molecule has 10 heteroatoms. The number of urea groups is 1. The summed E-state index contributed by atoms with van der Waals surface area (Å²) < 4.78 is 7.03. The van der Waals surface area contributed by atoms with Crippen molar-refractivity contribution in [3.8, 4) is 5.69 Å². The Morgan fingerprint density at radius 2 is 1.81 bits per heavy atom. The van der Waals surface area contributed by atoms with Gasteiger partial charge in [0, 0.05) is 27.8 Å². The zero-order valence-corrected chi connectivity index (χ0v) is 21.3. The highest BCUT2D eigenvalue weighted by atomic mass is 35.5. The first-order chi connectivity index (χ1) is 17.7. The Morgan fingerprint density at radius 1 is 1.08 bits per heavy atom. The van der Waals surface area contributed by atoms with Gasteiger partial charge in [0.1, 0.15) is 12.2 Å². The average Bonchev–Trinajstić information content (AvgIpc) is 3.29. The molecule has 1 aliphatic rings. The zero-order valence-electron chi connectivity index (χ0n) is 20.5. The second kappa shape index (κ2) is 10.7. The largest absolute Gasteiger partial charge is 0.462 e. The van der Waals surface area contributed by atoms with Gasteiger partial charge in [-0.1, -0.05) is 17.7 Å². The topological polar surface area (TPSA) is 110 Å². The number of esters is 1. The lowest BCUT2D eigenvalue weighted by molar-refractivity contribution is -0.127. The van der Waals surface area contributed by atoms with Crippen LogP contribution in [0.2, 0.25) is 5.02 Å². The SMILES string of the molecule is CCOC(=O)c1cccc(-n2c(C)cc(/C=C3\NC(=O)N(CC(=O)Nc4ccc(Cl)cc4)C3=O)c2C)c1. The molecule has 0 radical (unpaired) electrons. The van der Waals surface area contributed by atoms with Gasteiger partial charge in [0.25, 0.3) is 5.91 Å². The Bertz CT molecular complexity index is 1430. The van der Waals surface area contributed by atoms with E-state index >= 15 is 0 Å². The highest BCUT2D eigenvalue weighted by Crippen LogP contribution is 2.25. The van der Waals surface area contributed by atoms with Crippen LogP contribution in [-0.4, -0.2) is 46.4 Å². The van der Waals surface area contributed by atoms with Crippen LogP contribution in [0.4, 0.5) is 10.5 Å². The van der Waals surface area contributed by atoms with Crippen molar-refractivity contribution < 1.29 is 23.9 Å². The number of hydrogen-bond donors (Lipinski definition) is 2. The number of hydrogen-bond acceptors (Lipinski definition) is 5. The average molecular weight is 521 g/mol. The second-order valence-electron chi connectivity index (χ2n) is 8.37. The summed E-state index contributed by atoms with van der Waals surface area (Å²) in [6, 6.07) is 14.7. The molecule has 2 aromatic carbocycles. The quantitative estimate of drug-likeness (QED) is 0.271. The number of imide groups is 1. The molecule has 2 N–H and O–H groups in total. The lowest BCUT2D eigenvalue weighted by atomic mass is 10.2. The first-order valence-corrected chi connectivity index (χ1v) is 11.9. The van der Waals surface area contributed by atoms with E-state index in [9.17, 15) is 19.2 Å². The lowest BCUT2D eigenvalue weighted by Crippen LogP contribution is -2.38. The number of nitrogens with zero attached hydrogens (tertiary/aromatic N) is 2. The Kier molecular flexibility index (Phi) is 7.45. The minimum absolute atomic E-state index is 0.0600. The van der Waals surface area contributed by atoms with Gasteiger partial charge < -0.3 is 19.9 Å². The van der Waals surface area contributed by atoms with Crippen LogP contribution in [0.3, 0.4) is 0 Å². The van der Waals surface area contributed by atoms with E-state index < -0.39 is 30.4 Å². The summed E-state index contributed by atoms with van der Waals surface area (Å²) >= 11 is 5.85. The van der Waals surface area contributed by atoms with Gasteiger partial charge in [-0.05, 0) is 80.9 Å². The van der Waals surface area contributed by atoms with Crippen molar-refractivity contribution in [3.63, 3.8) is 0 Å². The molecule has 0 atom stereocenters. The van der Waals surface area contributed by atoms with Gasteiger partial charge in [-0.2, -0.15) is 0 Å². The number of carbonyl (C=O) groups excluding carboxylic acids is 4. The number of aryl methyl sites for hydroxylation is 1. The summed E-state index contributed by atoms with van der Waals surface area (Å²) in [5.74, 6) is -1.54. The van der Waals surface area contributed by atoms with Crippen LogP contribution in [0.5, 0.6) is 0 Å². The molecule has 0 aliphatic carbocycles. The number of rotatable bonds is 7. The molecule has 1 fully saturated rings. The summed E-state index contributed by atoms with van der Waals surface area (Å²) in [6.07, 6.45) is 1.57. The molecule has 2 heterocycles. The van der Waals surface area contributed by atoms with Crippen LogP contribution in [-0.2, 0) is 14.3 Å². The van der Waals surface area contributed by atoms with Gasteiger partial charge in [0.05, 0.1) is 12.2 Å². The van der Waals surface area contributed by atoms with Crippen molar-refractivity contribution in [1.82, 2.24) is 14.8 Å².